The van der Waals surface area contributed by atoms with Crippen molar-refractivity contribution in [3.8, 4) is 5.75 Å². The zero-order valence-electron chi connectivity index (χ0n) is 21.1. The quantitative estimate of drug-likeness (QED) is 0.366. The van der Waals surface area contributed by atoms with Crippen LogP contribution in [0, 0.1) is 6.92 Å². The number of anilines is 1. The Bertz CT molecular complexity index is 1520. The van der Waals surface area contributed by atoms with Gasteiger partial charge in [-0.25, -0.2) is 8.42 Å². The normalized spacial score (nSPS) is 14.2. The first-order valence-electron chi connectivity index (χ1n) is 12.4. The average molecular weight is 518 g/mol. The molecule has 3 aromatic carbocycles. The van der Waals surface area contributed by atoms with E-state index in [4.69, 9.17) is 4.74 Å². The van der Waals surface area contributed by atoms with Crippen molar-refractivity contribution in [2.24, 2.45) is 0 Å². The van der Waals surface area contributed by atoms with Crippen molar-refractivity contribution >= 4 is 32.3 Å². The Kier molecular flexibility index (Phi) is 6.93. The fourth-order valence-corrected chi connectivity index (χ4v) is 6.49. The molecule has 8 heteroatoms. The Balaban J connectivity index is 1.33. The highest BCUT2D eigenvalue weighted by Gasteiger charge is 2.26. The predicted molar refractivity (Wildman–Crippen MR) is 146 cm³/mol. The van der Waals surface area contributed by atoms with Crippen LogP contribution < -0.4 is 9.64 Å². The molecule has 4 aromatic rings. The minimum absolute atomic E-state index is 0.0251. The standard InChI is InChI=1S/C29H31N3O4S/c1-22-11-13-23(14-12-22)21-37(34,35)28-19-32(25-8-4-3-7-24(25)28)20-29(33)31-17-15-30(16-18-31)26-9-5-6-10-27(26)36-2/h3-14,19H,15-18,20-21H2,1-2H3. The number of fused-ring (bicyclic) bond motifs is 1. The molecule has 2 heterocycles. The third kappa shape index (κ3) is 5.20. The average Bonchev–Trinajstić information content (AvgIpc) is 3.29. The Hall–Kier alpha value is -3.78. The lowest BCUT2D eigenvalue weighted by Gasteiger charge is -2.36. The number of hydrogen-bond donors (Lipinski definition) is 0. The summed E-state index contributed by atoms with van der Waals surface area (Å²) in [7, 11) is -1.94. The molecule has 5 rings (SSSR count). The third-order valence-corrected chi connectivity index (χ3v) is 8.64. The van der Waals surface area contributed by atoms with Crippen molar-refractivity contribution in [3.63, 3.8) is 0 Å². The molecule has 0 spiro atoms. The van der Waals surface area contributed by atoms with E-state index in [1.54, 1.807) is 17.9 Å². The van der Waals surface area contributed by atoms with Gasteiger partial charge in [0.15, 0.2) is 9.84 Å². The van der Waals surface area contributed by atoms with E-state index in [0.29, 0.717) is 31.6 Å². The van der Waals surface area contributed by atoms with Gasteiger partial charge in [-0.1, -0.05) is 60.2 Å². The van der Waals surface area contributed by atoms with Gasteiger partial charge < -0.3 is 19.1 Å². The van der Waals surface area contributed by atoms with Crippen LogP contribution in [0.4, 0.5) is 5.69 Å². The molecule has 0 radical (unpaired) electrons. The molecule has 0 unspecified atom stereocenters. The fourth-order valence-electron chi connectivity index (χ4n) is 4.91. The van der Waals surface area contributed by atoms with Crippen molar-refractivity contribution in [1.82, 2.24) is 9.47 Å². The molecular weight excluding hydrogens is 486 g/mol. The molecule has 1 amide bonds. The van der Waals surface area contributed by atoms with Gasteiger partial charge in [0.2, 0.25) is 5.91 Å². The number of amides is 1. The second-order valence-electron chi connectivity index (χ2n) is 9.42. The number of aryl methyl sites for hydroxylation is 1. The summed E-state index contributed by atoms with van der Waals surface area (Å²) in [6.07, 6.45) is 1.62. The Morgan fingerprint density at radius 2 is 1.57 bits per heavy atom. The first-order chi connectivity index (χ1) is 17.9. The second kappa shape index (κ2) is 10.3. The molecule has 1 aliphatic rings. The van der Waals surface area contributed by atoms with Crippen LogP contribution in [-0.4, -0.2) is 57.1 Å². The van der Waals surface area contributed by atoms with Gasteiger partial charge in [-0.3, -0.25) is 4.79 Å². The molecule has 1 fully saturated rings. The van der Waals surface area contributed by atoms with Crippen LogP contribution in [0.5, 0.6) is 5.75 Å². The minimum Gasteiger partial charge on any atom is -0.495 e. The third-order valence-electron chi connectivity index (χ3n) is 6.93. The zero-order valence-corrected chi connectivity index (χ0v) is 21.9. The maximum Gasteiger partial charge on any atom is 0.242 e. The molecule has 0 saturated carbocycles. The van der Waals surface area contributed by atoms with Crippen LogP contribution in [0.1, 0.15) is 11.1 Å². The van der Waals surface area contributed by atoms with Gasteiger partial charge in [-0.15, -0.1) is 0 Å². The number of carbonyl (C=O) groups excluding carboxylic acids is 1. The molecule has 0 N–H and O–H groups in total. The Morgan fingerprint density at radius 3 is 2.30 bits per heavy atom. The molecule has 0 bridgehead atoms. The summed E-state index contributed by atoms with van der Waals surface area (Å²) in [4.78, 5) is 17.6. The lowest BCUT2D eigenvalue weighted by Crippen LogP contribution is -2.49. The fraction of sp³-hybridized carbons (Fsp3) is 0.276. The van der Waals surface area contributed by atoms with Crippen LogP contribution in [0.3, 0.4) is 0 Å². The van der Waals surface area contributed by atoms with Gasteiger partial charge in [-0.2, -0.15) is 0 Å². The molecule has 1 aromatic heterocycles. The van der Waals surface area contributed by atoms with Gasteiger partial charge in [0.05, 0.1) is 23.4 Å². The van der Waals surface area contributed by atoms with Gasteiger partial charge >= 0.3 is 0 Å². The molecule has 1 saturated heterocycles. The summed E-state index contributed by atoms with van der Waals surface area (Å²) in [6, 6.07) is 22.8. The number of para-hydroxylation sites is 3. The molecular formula is C29H31N3O4S. The highest BCUT2D eigenvalue weighted by atomic mass is 32.2. The van der Waals surface area contributed by atoms with Crippen LogP contribution in [0.15, 0.2) is 83.9 Å². The van der Waals surface area contributed by atoms with E-state index in [1.165, 1.54) is 0 Å². The molecule has 192 valence electrons. The highest BCUT2D eigenvalue weighted by molar-refractivity contribution is 7.90. The topological polar surface area (TPSA) is 71.8 Å². The summed E-state index contributed by atoms with van der Waals surface area (Å²) < 4.78 is 34.1. The summed E-state index contributed by atoms with van der Waals surface area (Å²) >= 11 is 0. The number of nitrogens with zero attached hydrogens (tertiary/aromatic N) is 3. The lowest BCUT2D eigenvalue weighted by molar-refractivity contribution is -0.132. The van der Waals surface area contributed by atoms with Gasteiger partial charge in [0, 0.05) is 43.3 Å². The summed E-state index contributed by atoms with van der Waals surface area (Å²) in [5, 5.41) is 0.642. The molecule has 7 nitrogen and oxygen atoms in total. The van der Waals surface area contributed by atoms with Crippen LogP contribution >= 0.6 is 0 Å². The molecule has 0 atom stereocenters. The SMILES string of the molecule is COc1ccccc1N1CCN(C(=O)Cn2cc(S(=O)(=O)Cc3ccc(C)cc3)c3ccccc32)CC1. The Morgan fingerprint density at radius 1 is 0.892 bits per heavy atom. The first kappa shape index (κ1) is 24.9. The predicted octanol–water partition coefficient (Wildman–Crippen LogP) is 4.28. The monoisotopic (exact) mass is 517 g/mol. The van der Waals surface area contributed by atoms with Crippen molar-refractivity contribution in [1.29, 1.82) is 0 Å². The van der Waals surface area contributed by atoms with Crippen molar-refractivity contribution in [2.45, 2.75) is 24.1 Å². The zero-order chi connectivity index (χ0) is 26.0. The number of aromatic nitrogens is 1. The summed E-state index contributed by atoms with van der Waals surface area (Å²) in [6.45, 7) is 4.66. The lowest BCUT2D eigenvalue weighted by atomic mass is 10.2. The van der Waals surface area contributed by atoms with E-state index in [9.17, 15) is 13.2 Å². The van der Waals surface area contributed by atoms with E-state index < -0.39 is 9.84 Å². The highest BCUT2D eigenvalue weighted by Crippen LogP contribution is 2.30. The maximum absolute atomic E-state index is 13.4. The molecule has 0 aliphatic carbocycles. The van der Waals surface area contributed by atoms with E-state index in [2.05, 4.69) is 4.90 Å². The van der Waals surface area contributed by atoms with Gasteiger partial charge in [0.25, 0.3) is 0 Å². The number of benzene rings is 3. The smallest absolute Gasteiger partial charge is 0.242 e. The van der Waals surface area contributed by atoms with Crippen molar-refractivity contribution in [2.75, 3.05) is 38.2 Å². The number of ether oxygens (including phenoxy) is 1. The van der Waals surface area contributed by atoms with E-state index in [1.807, 2.05) is 84.6 Å². The van der Waals surface area contributed by atoms with E-state index >= 15 is 0 Å². The van der Waals surface area contributed by atoms with E-state index in [0.717, 1.165) is 28.1 Å². The Labute approximate surface area is 217 Å². The van der Waals surface area contributed by atoms with Crippen LogP contribution in [0.2, 0.25) is 0 Å². The first-order valence-corrected chi connectivity index (χ1v) is 14.0. The molecule has 1 aliphatic heterocycles. The van der Waals surface area contributed by atoms with Crippen molar-refractivity contribution < 1.29 is 17.9 Å². The number of rotatable bonds is 7. The van der Waals surface area contributed by atoms with E-state index in [-0.39, 0.29) is 23.1 Å². The number of hydrogen-bond acceptors (Lipinski definition) is 5. The number of sulfone groups is 1. The molecule has 37 heavy (non-hydrogen) atoms. The maximum atomic E-state index is 13.4. The number of carbonyl (C=O) groups is 1. The van der Waals surface area contributed by atoms with Gasteiger partial charge in [0.1, 0.15) is 12.3 Å². The summed E-state index contributed by atoms with van der Waals surface area (Å²) in [5.41, 5.74) is 3.59. The summed E-state index contributed by atoms with van der Waals surface area (Å²) in [5.74, 6) is 0.712. The second-order valence-corrected chi connectivity index (χ2v) is 11.4. The van der Waals surface area contributed by atoms with Crippen LogP contribution in [0.25, 0.3) is 10.9 Å². The van der Waals surface area contributed by atoms with Crippen LogP contribution in [-0.2, 0) is 26.9 Å². The number of methoxy groups -OCH3 is 1. The largest absolute Gasteiger partial charge is 0.495 e. The number of piperazine rings is 1. The van der Waals surface area contributed by atoms with Crippen molar-refractivity contribution in [3.05, 3.63) is 90.1 Å². The van der Waals surface area contributed by atoms with Gasteiger partial charge in [-0.05, 0) is 30.7 Å². The minimum atomic E-state index is -3.60.